The smallest absolute Gasteiger partial charge is 0.335 e. The van der Waals surface area contributed by atoms with Gasteiger partial charge in [0.05, 0.1) is 10.5 Å². The third kappa shape index (κ3) is 4.84. The van der Waals surface area contributed by atoms with Gasteiger partial charge in [0.2, 0.25) is 0 Å². The number of hydrogen-bond acceptors (Lipinski definition) is 4. The highest BCUT2D eigenvalue weighted by Gasteiger charge is 2.20. The SMILES string of the molecule is Cc1ccc(NC(=O)c2ccc(C)c(S(=O)(=O)Nc3cccc(C(=O)O)c3)c2)cc1. The van der Waals surface area contributed by atoms with Gasteiger partial charge < -0.3 is 10.4 Å². The van der Waals surface area contributed by atoms with Crippen LogP contribution < -0.4 is 10.0 Å². The van der Waals surface area contributed by atoms with Gasteiger partial charge in [-0.15, -0.1) is 0 Å². The van der Waals surface area contributed by atoms with Crippen LogP contribution in [0.4, 0.5) is 11.4 Å². The second-order valence-corrected chi connectivity index (χ2v) is 8.44. The number of nitrogens with one attached hydrogen (secondary N) is 2. The summed E-state index contributed by atoms with van der Waals surface area (Å²) in [7, 11) is -4.04. The molecule has 0 radical (unpaired) electrons. The molecule has 0 saturated heterocycles. The topological polar surface area (TPSA) is 113 Å². The van der Waals surface area contributed by atoms with E-state index in [-0.39, 0.29) is 21.7 Å². The van der Waals surface area contributed by atoms with Gasteiger partial charge in [-0.2, -0.15) is 0 Å². The number of carbonyl (C=O) groups is 2. The number of sulfonamides is 1. The quantitative estimate of drug-likeness (QED) is 0.552. The lowest BCUT2D eigenvalue weighted by Gasteiger charge is -2.13. The molecule has 0 aliphatic heterocycles. The molecule has 0 atom stereocenters. The molecule has 7 nitrogen and oxygen atoms in total. The number of aromatic carboxylic acids is 1. The average molecular weight is 424 g/mol. The molecule has 0 unspecified atom stereocenters. The first-order chi connectivity index (χ1) is 14.2. The van der Waals surface area contributed by atoms with E-state index in [9.17, 15) is 18.0 Å². The Morgan fingerprint density at radius 1 is 0.833 bits per heavy atom. The highest BCUT2D eigenvalue weighted by molar-refractivity contribution is 7.92. The predicted molar refractivity (Wildman–Crippen MR) is 115 cm³/mol. The monoisotopic (exact) mass is 424 g/mol. The summed E-state index contributed by atoms with van der Waals surface area (Å²) in [6.07, 6.45) is 0. The molecule has 0 fully saturated rings. The third-order valence-corrected chi connectivity index (χ3v) is 5.93. The molecular formula is C22H20N2O5S. The normalized spacial score (nSPS) is 11.0. The van der Waals surface area contributed by atoms with Crippen molar-refractivity contribution in [1.82, 2.24) is 0 Å². The Bertz CT molecular complexity index is 1220. The van der Waals surface area contributed by atoms with Crippen LogP contribution in [-0.4, -0.2) is 25.4 Å². The molecule has 3 aromatic rings. The van der Waals surface area contributed by atoms with E-state index in [1.165, 1.54) is 30.3 Å². The Labute approximate surface area is 174 Å². The van der Waals surface area contributed by atoms with Gasteiger partial charge in [0.15, 0.2) is 0 Å². The molecular weight excluding hydrogens is 404 g/mol. The lowest BCUT2D eigenvalue weighted by Crippen LogP contribution is -2.17. The molecule has 0 spiro atoms. The van der Waals surface area contributed by atoms with Crippen molar-refractivity contribution in [2.75, 3.05) is 10.0 Å². The van der Waals surface area contributed by atoms with Gasteiger partial charge in [0.25, 0.3) is 15.9 Å². The van der Waals surface area contributed by atoms with Crippen LogP contribution in [0, 0.1) is 13.8 Å². The number of amides is 1. The number of carboxylic acids is 1. The zero-order chi connectivity index (χ0) is 21.9. The van der Waals surface area contributed by atoms with Crippen molar-refractivity contribution in [3.63, 3.8) is 0 Å². The fourth-order valence-corrected chi connectivity index (χ4v) is 4.12. The molecule has 154 valence electrons. The van der Waals surface area contributed by atoms with Crippen molar-refractivity contribution in [1.29, 1.82) is 0 Å². The van der Waals surface area contributed by atoms with Crippen LogP contribution in [0.1, 0.15) is 31.8 Å². The third-order valence-electron chi connectivity index (χ3n) is 4.41. The summed E-state index contributed by atoms with van der Waals surface area (Å²) in [5.41, 5.74) is 2.35. The minimum Gasteiger partial charge on any atom is -0.478 e. The van der Waals surface area contributed by atoms with Gasteiger partial charge in [-0.1, -0.05) is 29.8 Å². The Balaban J connectivity index is 1.88. The van der Waals surface area contributed by atoms with Crippen LogP contribution in [0.15, 0.2) is 71.6 Å². The van der Waals surface area contributed by atoms with Crippen molar-refractivity contribution in [2.45, 2.75) is 18.7 Å². The van der Waals surface area contributed by atoms with Gasteiger partial charge in [-0.3, -0.25) is 9.52 Å². The first-order valence-corrected chi connectivity index (χ1v) is 10.5. The van der Waals surface area contributed by atoms with E-state index in [1.54, 1.807) is 31.2 Å². The van der Waals surface area contributed by atoms with Crippen molar-refractivity contribution in [3.05, 3.63) is 89.0 Å². The maximum atomic E-state index is 12.9. The van der Waals surface area contributed by atoms with Crippen molar-refractivity contribution in [2.24, 2.45) is 0 Å². The van der Waals surface area contributed by atoms with E-state index >= 15 is 0 Å². The Kier molecular flexibility index (Phi) is 5.89. The van der Waals surface area contributed by atoms with Crippen LogP contribution in [-0.2, 0) is 10.0 Å². The zero-order valence-electron chi connectivity index (χ0n) is 16.3. The molecule has 1 amide bonds. The Morgan fingerprint density at radius 2 is 1.53 bits per heavy atom. The van der Waals surface area contributed by atoms with Gasteiger partial charge in [0.1, 0.15) is 0 Å². The maximum Gasteiger partial charge on any atom is 0.335 e. The second kappa shape index (κ2) is 8.38. The molecule has 3 aromatic carbocycles. The van der Waals surface area contributed by atoms with Gasteiger partial charge >= 0.3 is 5.97 Å². The van der Waals surface area contributed by atoms with Crippen LogP contribution in [0.25, 0.3) is 0 Å². The molecule has 0 bridgehead atoms. The van der Waals surface area contributed by atoms with Crippen molar-refractivity contribution >= 4 is 33.3 Å². The molecule has 30 heavy (non-hydrogen) atoms. The molecule has 3 N–H and O–H groups in total. The summed E-state index contributed by atoms with van der Waals surface area (Å²) in [6, 6.07) is 17.1. The van der Waals surface area contributed by atoms with Crippen LogP contribution in [0.3, 0.4) is 0 Å². The minimum absolute atomic E-state index is 0.0434. The van der Waals surface area contributed by atoms with E-state index in [4.69, 9.17) is 5.11 Å². The summed E-state index contributed by atoms with van der Waals surface area (Å²) >= 11 is 0. The number of carboxylic acid groups (broad SMARTS) is 1. The first-order valence-electron chi connectivity index (χ1n) is 9.00. The maximum absolute atomic E-state index is 12.9. The molecule has 8 heteroatoms. The number of hydrogen-bond donors (Lipinski definition) is 3. The summed E-state index contributed by atoms with van der Waals surface area (Å²) in [5.74, 6) is -1.61. The fourth-order valence-electron chi connectivity index (χ4n) is 2.80. The molecule has 0 heterocycles. The van der Waals surface area contributed by atoms with E-state index in [1.807, 2.05) is 19.1 Å². The Hall–Kier alpha value is -3.65. The largest absolute Gasteiger partial charge is 0.478 e. The van der Waals surface area contributed by atoms with Crippen LogP contribution >= 0.6 is 0 Å². The highest BCUT2D eigenvalue weighted by atomic mass is 32.2. The van der Waals surface area contributed by atoms with E-state index < -0.39 is 21.9 Å². The summed E-state index contributed by atoms with van der Waals surface area (Å²) in [5, 5.41) is 11.8. The Morgan fingerprint density at radius 3 is 2.20 bits per heavy atom. The summed E-state index contributed by atoms with van der Waals surface area (Å²) < 4.78 is 28.1. The molecule has 0 aliphatic carbocycles. The number of rotatable bonds is 6. The summed E-state index contributed by atoms with van der Waals surface area (Å²) in [4.78, 5) is 23.6. The molecule has 0 aliphatic rings. The zero-order valence-corrected chi connectivity index (χ0v) is 17.2. The molecule has 0 aromatic heterocycles. The lowest BCUT2D eigenvalue weighted by atomic mass is 10.1. The molecule has 3 rings (SSSR count). The number of anilines is 2. The van der Waals surface area contributed by atoms with E-state index in [2.05, 4.69) is 10.0 Å². The van der Waals surface area contributed by atoms with Crippen molar-refractivity contribution < 1.29 is 23.1 Å². The van der Waals surface area contributed by atoms with Crippen LogP contribution in [0.2, 0.25) is 0 Å². The number of aryl methyl sites for hydroxylation is 2. The van der Waals surface area contributed by atoms with Crippen LogP contribution in [0.5, 0.6) is 0 Å². The van der Waals surface area contributed by atoms with Gasteiger partial charge in [0, 0.05) is 16.9 Å². The molecule has 0 saturated carbocycles. The minimum atomic E-state index is -4.04. The van der Waals surface area contributed by atoms with Crippen molar-refractivity contribution in [3.8, 4) is 0 Å². The van der Waals surface area contributed by atoms with Gasteiger partial charge in [-0.25, -0.2) is 13.2 Å². The first kappa shape index (κ1) is 21.1. The standard InChI is InChI=1S/C22H20N2O5S/c1-14-6-10-18(11-7-14)23-21(25)16-9-8-15(2)20(13-16)30(28,29)24-19-5-3-4-17(12-19)22(26)27/h3-13,24H,1-2H3,(H,23,25)(H,26,27). The number of carbonyl (C=O) groups excluding carboxylic acids is 1. The lowest BCUT2D eigenvalue weighted by molar-refractivity contribution is 0.0696. The summed E-state index contributed by atoms with van der Waals surface area (Å²) in [6.45, 7) is 3.55. The second-order valence-electron chi connectivity index (χ2n) is 6.79. The fraction of sp³-hybridized carbons (Fsp3) is 0.0909. The van der Waals surface area contributed by atoms with Gasteiger partial charge in [-0.05, 0) is 61.9 Å². The average Bonchev–Trinajstić information content (AvgIpc) is 2.69. The van der Waals surface area contributed by atoms with E-state index in [0.29, 0.717) is 11.3 Å². The highest BCUT2D eigenvalue weighted by Crippen LogP contribution is 2.22. The predicted octanol–water partition coefficient (Wildman–Crippen LogP) is 4.05. The number of benzene rings is 3. The van der Waals surface area contributed by atoms with E-state index in [0.717, 1.165) is 5.56 Å².